The van der Waals surface area contributed by atoms with E-state index in [9.17, 15) is 0 Å². The van der Waals surface area contributed by atoms with Gasteiger partial charge in [0.25, 0.3) is 0 Å². The van der Waals surface area contributed by atoms with Gasteiger partial charge in [-0.2, -0.15) is 0 Å². The Kier molecular flexibility index (Phi) is 46.9. The lowest BCUT2D eigenvalue weighted by Gasteiger charge is -2.33. The van der Waals surface area contributed by atoms with E-state index in [4.69, 9.17) is 6.42 Å². The Balaban J connectivity index is -0.000000137. The zero-order valence-electron chi connectivity index (χ0n) is 34.9. The number of allylic oxidation sites excluding steroid dienone is 7. The van der Waals surface area contributed by atoms with Crippen molar-refractivity contribution in [2.45, 2.75) is 195 Å². The number of unbranched alkanes of at least 4 members (excludes halogenated alkanes) is 1. The van der Waals surface area contributed by atoms with Gasteiger partial charge in [-0.05, 0) is 120 Å². The molecule has 2 rings (SSSR count). The van der Waals surface area contributed by atoms with Crippen LogP contribution in [0.15, 0.2) is 73.4 Å². The van der Waals surface area contributed by atoms with Crippen molar-refractivity contribution < 1.29 is 0 Å². The molecule has 0 heterocycles. The van der Waals surface area contributed by atoms with Gasteiger partial charge in [0.15, 0.2) is 0 Å². The Morgan fingerprint density at radius 2 is 1.39 bits per heavy atom. The molecule has 2 fully saturated rings. The lowest BCUT2D eigenvalue weighted by molar-refractivity contribution is 0.206. The van der Waals surface area contributed by atoms with Crippen LogP contribution in [0.2, 0.25) is 0 Å². The highest BCUT2D eigenvalue weighted by Gasteiger charge is 2.26. The molecule has 0 heteroatoms. The summed E-state index contributed by atoms with van der Waals surface area (Å²) in [5.74, 6) is 9.12. The molecule has 0 spiro atoms. The Hall–Kier alpha value is -2.00. The Morgan fingerprint density at radius 1 is 0.843 bits per heavy atom. The predicted octanol–water partition coefficient (Wildman–Crippen LogP) is 18.1. The summed E-state index contributed by atoms with van der Waals surface area (Å²) >= 11 is 0. The summed E-state index contributed by atoms with van der Waals surface area (Å²) in [4.78, 5) is 0. The third-order valence-electron chi connectivity index (χ3n) is 10.7. The van der Waals surface area contributed by atoms with E-state index >= 15 is 0 Å². The Morgan fingerprint density at radius 3 is 1.75 bits per heavy atom. The highest BCUT2D eigenvalue weighted by Crippen LogP contribution is 2.38. The van der Waals surface area contributed by atoms with Crippen LogP contribution in [0.25, 0.3) is 0 Å². The van der Waals surface area contributed by atoms with Gasteiger partial charge in [0, 0.05) is 5.92 Å². The first-order chi connectivity index (χ1) is 22.7. The molecular formula is C51H98. The van der Waals surface area contributed by atoms with Gasteiger partial charge in [0.2, 0.25) is 0 Å². The topological polar surface area (TPSA) is 0 Å². The zero-order chi connectivity index (χ0) is 37.7. The SMILES string of the molecule is C.C.C.C#CC1CCCC1CC.C=C(CC)C(C)C.C=C/C=C(\C)C(C)CC(=C)C.C=CCCCC(C)CC1CCC(C(C)C(=C)C)CC1.CC. The molecule has 0 nitrogen and oxygen atoms in total. The maximum Gasteiger partial charge on any atom is 0.0228 e. The van der Waals surface area contributed by atoms with Crippen molar-refractivity contribution in [2.24, 2.45) is 47.3 Å². The third-order valence-corrected chi connectivity index (χ3v) is 10.7. The van der Waals surface area contributed by atoms with Crippen LogP contribution in [0, 0.1) is 59.7 Å². The van der Waals surface area contributed by atoms with Crippen LogP contribution in [0.3, 0.4) is 0 Å². The molecule has 0 radical (unpaired) electrons. The molecule has 0 aliphatic heterocycles. The normalized spacial score (nSPS) is 20.5. The molecule has 0 aromatic rings. The second-order valence-electron chi connectivity index (χ2n) is 15.2. The highest BCUT2D eigenvalue weighted by atomic mass is 14.3. The number of terminal acetylenes is 1. The fourth-order valence-electron chi connectivity index (χ4n) is 6.81. The molecule has 0 amide bonds. The number of rotatable bonds is 15. The smallest absolute Gasteiger partial charge is 0.0228 e. The first-order valence-corrected chi connectivity index (χ1v) is 20.0. The summed E-state index contributed by atoms with van der Waals surface area (Å²) < 4.78 is 0. The average molecular weight is 711 g/mol. The van der Waals surface area contributed by atoms with E-state index in [2.05, 4.69) is 120 Å². The van der Waals surface area contributed by atoms with Crippen LogP contribution in [-0.2, 0) is 0 Å². The maximum absolute atomic E-state index is 5.35. The van der Waals surface area contributed by atoms with Gasteiger partial charge < -0.3 is 0 Å². The molecule has 5 unspecified atom stereocenters. The van der Waals surface area contributed by atoms with Gasteiger partial charge in [-0.1, -0.05) is 177 Å². The summed E-state index contributed by atoms with van der Waals surface area (Å²) in [6, 6.07) is 0. The van der Waals surface area contributed by atoms with E-state index in [-0.39, 0.29) is 22.3 Å². The lowest BCUT2D eigenvalue weighted by atomic mass is 9.72. The minimum atomic E-state index is 0. The molecule has 0 N–H and O–H groups in total. The molecule has 0 aromatic carbocycles. The monoisotopic (exact) mass is 711 g/mol. The van der Waals surface area contributed by atoms with Crippen LogP contribution in [0.5, 0.6) is 0 Å². The van der Waals surface area contributed by atoms with E-state index in [0.717, 1.165) is 42.4 Å². The Labute approximate surface area is 327 Å². The second kappa shape index (κ2) is 39.2. The van der Waals surface area contributed by atoms with E-state index in [1.807, 2.05) is 19.9 Å². The van der Waals surface area contributed by atoms with Crippen molar-refractivity contribution >= 4 is 0 Å². The maximum atomic E-state index is 5.35. The highest BCUT2D eigenvalue weighted by molar-refractivity contribution is 5.12. The van der Waals surface area contributed by atoms with Crippen LogP contribution >= 0.6 is 0 Å². The molecule has 5 atom stereocenters. The fourth-order valence-corrected chi connectivity index (χ4v) is 6.81. The van der Waals surface area contributed by atoms with Gasteiger partial charge in [0.05, 0.1) is 0 Å². The van der Waals surface area contributed by atoms with Gasteiger partial charge in [0.1, 0.15) is 0 Å². The minimum absolute atomic E-state index is 0. The van der Waals surface area contributed by atoms with E-state index < -0.39 is 0 Å². The van der Waals surface area contributed by atoms with Gasteiger partial charge >= 0.3 is 0 Å². The number of hydrogen-bond donors (Lipinski definition) is 0. The minimum Gasteiger partial charge on any atom is -0.120 e. The fraction of sp³-hybridized carbons (Fsp3) is 0.725. The van der Waals surface area contributed by atoms with Crippen molar-refractivity contribution in [3.05, 3.63) is 73.4 Å². The molecule has 2 aliphatic rings. The summed E-state index contributed by atoms with van der Waals surface area (Å²) in [7, 11) is 0. The molecule has 0 saturated heterocycles. The van der Waals surface area contributed by atoms with E-state index in [0.29, 0.717) is 17.8 Å². The van der Waals surface area contributed by atoms with Crippen molar-refractivity contribution in [1.29, 1.82) is 0 Å². The number of hydrogen-bond acceptors (Lipinski definition) is 0. The lowest BCUT2D eigenvalue weighted by Crippen LogP contribution is -2.21. The molecule has 0 aromatic heterocycles. The first-order valence-electron chi connectivity index (χ1n) is 20.0. The summed E-state index contributed by atoms with van der Waals surface area (Å²) in [6.07, 6.45) is 29.9. The van der Waals surface area contributed by atoms with Crippen LogP contribution < -0.4 is 0 Å². The molecule has 0 bridgehead atoms. The van der Waals surface area contributed by atoms with Gasteiger partial charge in [-0.3, -0.25) is 0 Å². The van der Waals surface area contributed by atoms with Crippen molar-refractivity contribution in [1.82, 2.24) is 0 Å². The average Bonchev–Trinajstić information content (AvgIpc) is 3.54. The largest absolute Gasteiger partial charge is 0.120 e. The Bertz CT molecular complexity index is 908. The van der Waals surface area contributed by atoms with Crippen LogP contribution in [0.1, 0.15) is 195 Å². The zero-order valence-corrected chi connectivity index (χ0v) is 34.9. The first kappa shape index (κ1) is 61.1. The van der Waals surface area contributed by atoms with Crippen molar-refractivity contribution in [2.75, 3.05) is 0 Å². The van der Waals surface area contributed by atoms with Crippen molar-refractivity contribution in [3.63, 3.8) is 0 Å². The third kappa shape index (κ3) is 32.4. The molecule has 51 heavy (non-hydrogen) atoms. The standard InChI is InChI=1S/C19H34.C11H18.C9H14.C7H14.C2H6.3CH4/c1-6-7-8-9-16(4)14-18-10-12-19(13-11-18)17(5)15(2)3;1-6-7-10(4)11(5)8-9(2)3;1-3-8-6-5-7-9(8)4-2;1-5-7(4)6(2)3;1-2;;;/h6,16-19H,1-2,7-14H2,3-5H3;6-7,11H,1-2,8H2,3-5H3;1,8-9H,4-7H2,2H3;6H,4-5H2,1-3H3;1-2H3;3*1H4/b;10-7+;;;;;;. The summed E-state index contributed by atoms with van der Waals surface area (Å²) in [5, 5.41) is 0. The quantitative estimate of drug-likeness (QED) is 0.0687. The molecule has 302 valence electrons. The van der Waals surface area contributed by atoms with Crippen LogP contribution in [0.4, 0.5) is 0 Å². The van der Waals surface area contributed by atoms with E-state index in [1.165, 1.54) is 99.3 Å². The molecular weight excluding hydrogens is 613 g/mol. The van der Waals surface area contributed by atoms with Gasteiger partial charge in [-0.25, -0.2) is 0 Å². The summed E-state index contributed by atoms with van der Waals surface area (Å²) in [5.41, 5.74) is 5.35. The van der Waals surface area contributed by atoms with Crippen LogP contribution in [-0.4, -0.2) is 0 Å². The molecule has 2 aliphatic carbocycles. The second-order valence-corrected chi connectivity index (χ2v) is 15.2. The van der Waals surface area contributed by atoms with Gasteiger partial charge in [-0.15, -0.1) is 25.5 Å². The predicted molar refractivity (Wildman–Crippen MR) is 246 cm³/mol. The van der Waals surface area contributed by atoms with E-state index in [1.54, 1.807) is 0 Å². The van der Waals surface area contributed by atoms with Crippen molar-refractivity contribution in [3.8, 4) is 12.3 Å². The summed E-state index contributed by atoms with van der Waals surface area (Å²) in [6.45, 7) is 45.5. The molecule has 2 saturated carbocycles.